The Morgan fingerprint density at radius 3 is 1.81 bits per heavy atom. The van der Waals surface area contributed by atoms with Crippen molar-refractivity contribution in [1.29, 1.82) is 0 Å². The molecule has 0 saturated carbocycles. The summed E-state index contributed by atoms with van der Waals surface area (Å²) in [4.78, 5) is 3.64. The van der Waals surface area contributed by atoms with Crippen molar-refractivity contribution >= 4 is 0 Å². The summed E-state index contributed by atoms with van der Waals surface area (Å²) in [6.07, 6.45) is 2.55. The first-order chi connectivity index (χ1) is 7.61. The van der Waals surface area contributed by atoms with Crippen LogP contribution in [0.2, 0.25) is 0 Å². The second-order valence-electron chi connectivity index (χ2n) is 3.08. The summed E-state index contributed by atoms with van der Waals surface area (Å²) in [6.45, 7) is 0. The first-order valence-electron chi connectivity index (χ1n) is 4.34. The zero-order valence-corrected chi connectivity index (χ0v) is 7.85. The lowest BCUT2D eigenvalue weighted by Crippen LogP contribution is -1.98. The molecule has 0 atom stereocenters. The minimum Gasteiger partial charge on any atom is -0.265 e. The zero-order chi connectivity index (χ0) is 11.7. The molecule has 0 bridgehead atoms. The van der Waals surface area contributed by atoms with E-state index in [-0.39, 0.29) is 11.6 Å². The van der Waals surface area contributed by atoms with Gasteiger partial charge in [0.2, 0.25) is 0 Å². The monoisotopic (exact) mass is 227 g/mol. The molecule has 0 aliphatic rings. The smallest absolute Gasteiger partial charge is 0.169 e. The fourth-order valence-corrected chi connectivity index (χ4v) is 1.35. The maximum atomic E-state index is 13.3. The molecule has 0 radical (unpaired) electrons. The van der Waals surface area contributed by atoms with Crippen LogP contribution in [0.3, 0.4) is 0 Å². The van der Waals surface area contributed by atoms with E-state index in [1.807, 2.05) is 0 Å². The van der Waals surface area contributed by atoms with Crippen LogP contribution in [0, 0.1) is 23.3 Å². The van der Waals surface area contributed by atoms with E-state index >= 15 is 0 Å². The molecule has 16 heavy (non-hydrogen) atoms. The molecule has 1 nitrogen and oxygen atoms in total. The van der Waals surface area contributed by atoms with Gasteiger partial charge in [0.05, 0.1) is 5.56 Å². The number of aromatic nitrogens is 1. The molecular formula is C11H5F4N. The second-order valence-corrected chi connectivity index (χ2v) is 3.08. The van der Waals surface area contributed by atoms with Crippen molar-refractivity contribution in [2.75, 3.05) is 0 Å². The third-order valence-corrected chi connectivity index (χ3v) is 2.08. The van der Waals surface area contributed by atoms with Crippen LogP contribution in [0.5, 0.6) is 0 Å². The highest BCUT2D eigenvalue weighted by molar-refractivity contribution is 5.64. The van der Waals surface area contributed by atoms with Gasteiger partial charge in [0.25, 0.3) is 0 Å². The van der Waals surface area contributed by atoms with Crippen LogP contribution in [-0.4, -0.2) is 4.98 Å². The molecule has 0 saturated heterocycles. The molecule has 0 amide bonds. The Morgan fingerprint density at radius 1 is 0.812 bits per heavy atom. The summed E-state index contributed by atoms with van der Waals surface area (Å²) in [5.74, 6) is -5.67. The van der Waals surface area contributed by atoms with Crippen molar-refractivity contribution in [2.45, 2.75) is 0 Å². The Kier molecular flexibility index (Phi) is 2.60. The van der Waals surface area contributed by atoms with E-state index in [1.54, 1.807) is 0 Å². The maximum Gasteiger partial charge on any atom is 0.169 e. The van der Waals surface area contributed by atoms with Crippen LogP contribution >= 0.6 is 0 Å². The molecule has 0 unspecified atom stereocenters. The van der Waals surface area contributed by atoms with E-state index in [1.165, 1.54) is 24.5 Å². The van der Waals surface area contributed by atoms with Crippen molar-refractivity contribution in [3.8, 4) is 11.1 Å². The molecule has 0 fully saturated rings. The van der Waals surface area contributed by atoms with Crippen LogP contribution in [0.1, 0.15) is 0 Å². The summed E-state index contributed by atoms with van der Waals surface area (Å²) < 4.78 is 52.5. The van der Waals surface area contributed by atoms with E-state index in [0.29, 0.717) is 0 Å². The minimum absolute atomic E-state index is 0.0309. The fourth-order valence-electron chi connectivity index (χ4n) is 1.35. The summed E-state index contributed by atoms with van der Waals surface area (Å²) in [5, 5.41) is 0. The lowest BCUT2D eigenvalue weighted by Gasteiger charge is -2.06. The predicted octanol–water partition coefficient (Wildman–Crippen LogP) is 3.31. The van der Waals surface area contributed by atoms with E-state index in [0.717, 1.165) is 0 Å². The van der Waals surface area contributed by atoms with Crippen LogP contribution in [0.25, 0.3) is 11.1 Å². The fraction of sp³-hybridized carbons (Fsp3) is 0. The number of nitrogens with zero attached hydrogens (tertiary/aromatic N) is 1. The van der Waals surface area contributed by atoms with Gasteiger partial charge in [-0.2, -0.15) is 0 Å². The van der Waals surface area contributed by atoms with Gasteiger partial charge in [0.1, 0.15) is 0 Å². The molecular weight excluding hydrogens is 222 g/mol. The normalized spacial score (nSPS) is 10.5. The molecule has 2 aromatic rings. The third kappa shape index (κ3) is 1.64. The largest absolute Gasteiger partial charge is 0.265 e. The van der Waals surface area contributed by atoms with Crippen molar-refractivity contribution < 1.29 is 17.6 Å². The van der Waals surface area contributed by atoms with E-state index < -0.39 is 28.8 Å². The molecule has 82 valence electrons. The maximum absolute atomic E-state index is 13.3. The molecule has 2 rings (SSSR count). The van der Waals surface area contributed by atoms with Gasteiger partial charge in [-0.3, -0.25) is 4.98 Å². The Labute approximate surface area is 88.4 Å². The summed E-state index contributed by atoms with van der Waals surface area (Å²) in [7, 11) is 0. The number of pyridine rings is 1. The molecule has 5 heteroatoms. The SMILES string of the molecule is Fc1cc(F)c(F)c(-c2ccncc2)c1F. The highest BCUT2D eigenvalue weighted by Crippen LogP contribution is 2.28. The molecule has 0 spiro atoms. The standard InChI is InChI=1S/C11H5F4N/c12-7-5-8(13)11(15)9(10(7)14)6-1-3-16-4-2-6/h1-5H. The highest BCUT2D eigenvalue weighted by atomic mass is 19.2. The quantitative estimate of drug-likeness (QED) is 0.538. The van der Waals surface area contributed by atoms with Gasteiger partial charge in [-0.25, -0.2) is 17.6 Å². The zero-order valence-electron chi connectivity index (χ0n) is 7.85. The molecule has 0 aliphatic heterocycles. The molecule has 1 aromatic carbocycles. The highest BCUT2D eigenvalue weighted by Gasteiger charge is 2.19. The Bertz CT molecular complexity index is 499. The number of halogens is 4. The number of hydrogen-bond donors (Lipinski definition) is 0. The molecule has 0 N–H and O–H groups in total. The third-order valence-electron chi connectivity index (χ3n) is 2.08. The molecule has 0 aliphatic carbocycles. The van der Waals surface area contributed by atoms with Gasteiger partial charge in [-0.1, -0.05) is 0 Å². The summed E-state index contributed by atoms with van der Waals surface area (Å²) >= 11 is 0. The van der Waals surface area contributed by atoms with E-state index in [2.05, 4.69) is 4.98 Å². The van der Waals surface area contributed by atoms with Gasteiger partial charge < -0.3 is 0 Å². The first kappa shape index (κ1) is 10.6. The van der Waals surface area contributed by atoms with E-state index in [4.69, 9.17) is 0 Å². The van der Waals surface area contributed by atoms with Crippen LogP contribution in [0.15, 0.2) is 30.6 Å². The lowest BCUT2D eigenvalue weighted by molar-refractivity contribution is 0.458. The van der Waals surface area contributed by atoms with E-state index in [9.17, 15) is 17.6 Å². The Balaban J connectivity index is 2.74. The second kappa shape index (κ2) is 3.92. The summed E-state index contributed by atoms with van der Waals surface area (Å²) in [6, 6.07) is 2.70. The predicted molar refractivity (Wildman–Crippen MR) is 49.5 cm³/mol. The first-order valence-corrected chi connectivity index (χ1v) is 4.34. The van der Waals surface area contributed by atoms with Crippen molar-refractivity contribution in [3.05, 3.63) is 53.9 Å². The van der Waals surface area contributed by atoms with Gasteiger partial charge in [-0.15, -0.1) is 0 Å². The average Bonchev–Trinajstić information content (AvgIpc) is 2.28. The van der Waals surface area contributed by atoms with Gasteiger partial charge in [0, 0.05) is 18.5 Å². The van der Waals surface area contributed by atoms with Gasteiger partial charge >= 0.3 is 0 Å². The topological polar surface area (TPSA) is 12.9 Å². The lowest BCUT2D eigenvalue weighted by atomic mass is 10.1. The minimum atomic E-state index is -1.43. The average molecular weight is 227 g/mol. The van der Waals surface area contributed by atoms with Crippen molar-refractivity contribution in [1.82, 2.24) is 4.98 Å². The Hall–Kier alpha value is -1.91. The van der Waals surface area contributed by atoms with Crippen molar-refractivity contribution in [2.24, 2.45) is 0 Å². The molecule has 1 aromatic heterocycles. The van der Waals surface area contributed by atoms with Gasteiger partial charge in [0.15, 0.2) is 23.3 Å². The number of rotatable bonds is 1. The van der Waals surface area contributed by atoms with Crippen molar-refractivity contribution in [3.63, 3.8) is 0 Å². The Morgan fingerprint density at radius 2 is 1.31 bits per heavy atom. The number of benzene rings is 1. The van der Waals surface area contributed by atoms with Crippen LogP contribution in [-0.2, 0) is 0 Å². The van der Waals surface area contributed by atoms with Crippen LogP contribution in [0.4, 0.5) is 17.6 Å². The number of hydrogen-bond acceptors (Lipinski definition) is 1. The molecule has 1 heterocycles. The van der Waals surface area contributed by atoms with Crippen LogP contribution < -0.4 is 0 Å². The van der Waals surface area contributed by atoms with Gasteiger partial charge in [-0.05, 0) is 17.7 Å². The summed E-state index contributed by atoms with van der Waals surface area (Å²) in [5.41, 5.74) is -0.691.